The molecule has 0 aliphatic heterocycles. The molecule has 6 heteroatoms. The largest absolute Gasteiger partial charge is 0.351 e. The summed E-state index contributed by atoms with van der Waals surface area (Å²) in [6, 6.07) is 7.43. The molecule has 0 bridgehead atoms. The zero-order chi connectivity index (χ0) is 17.2. The number of aromatic nitrogens is 2. The van der Waals surface area contributed by atoms with Crippen molar-refractivity contribution in [2.24, 2.45) is 0 Å². The summed E-state index contributed by atoms with van der Waals surface area (Å²) in [5, 5.41) is 5.84. The minimum absolute atomic E-state index is 0.0780. The topological polar surface area (TPSA) is 57.8 Å². The summed E-state index contributed by atoms with van der Waals surface area (Å²) in [4.78, 5) is 21.6. The summed E-state index contributed by atoms with van der Waals surface area (Å²) in [6.45, 7) is 0.652. The molecular weight excluding hydrogens is 354 g/mol. The van der Waals surface area contributed by atoms with Gasteiger partial charge in [-0.15, -0.1) is 11.3 Å². The average molecular weight is 374 g/mol. The van der Waals surface area contributed by atoms with Crippen LogP contribution < -0.4 is 5.32 Å². The first-order valence-corrected chi connectivity index (χ1v) is 9.92. The second kappa shape index (κ2) is 7.18. The van der Waals surface area contributed by atoms with Crippen LogP contribution in [0.1, 0.15) is 45.3 Å². The van der Waals surface area contributed by atoms with E-state index in [1.165, 1.54) is 34.8 Å². The molecule has 1 aliphatic rings. The molecule has 0 fully saturated rings. The van der Waals surface area contributed by atoms with Crippen LogP contribution in [0.3, 0.4) is 0 Å². The van der Waals surface area contributed by atoms with E-state index in [2.05, 4.69) is 10.3 Å². The number of amides is 1. The number of benzene rings is 1. The van der Waals surface area contributed by atoms with Crippen molar-refractivity contribution in [2.45, 2.75) is 38.5 Å². The highest BCUT2D eigenvalue weighted by Crippen LogP contribution is 2.27. The fourth-order valence-corrected chi connectivity index (χ4v) is 4.64. The quantitative estimate of drug-likeness (QED) is 0.646. The molecule has 0 radical (unpaired) electrons. The van der Waals surface area contributed by atoms with Gasteiger partial charge in [0.25, 0.3) is 5.91 Å². The van der Waals surface area contributed by atoms with Gasteiger partial charge < -0.3 is 10.3 Å². The lowest BCUT2D eigenvalue weighted by atomic mass is 10.0. The SMILES string of the molecule is O=C(NCCCc1nc2c(s1)CCCC2)c1cc2ccc(Cl)cc2[nH]1. The molecule has 1 aromatic carbocycles. The van der Waals surface area contributed by atoms with E-state index < -0.39 is 0 Å². The van der Waals surface area contributed by atoms with E-state index in [-0.39, 0.29) is 5.91 Å². The summed E-state index contributed by atoms with van der Waals surface area (Å²) < 4.78 is 0. The lowest BCUT2D eigenvalue weighted by molar-refractivity contribution is 0.0949. The fraction of sp³-hybridized carbons (Fsp3) is 0.368. The summed E-state index contributed by atoms with van der Waals surface area (Å²) in [7, 11) is 0. The summed E-state index contributed by atoms with van der Waals surface area (Å²) >= 11 is 7.83. The summed E-state index contributed by atoms with van der Waals surface area (Å²) in [5.74, 6) is -0.0780. The van der Waals surface area contributed by atoms with Crippen molar-refractivity contribution in [3.8, 4) is 0 Å². The number of nitrogens with one attached hydrogen (secondary N) is 2. The van der Waals surface area contributed by atoms with Crippen LogP contribution in [0.5, 0.6) is 0 Å². The maximum Gasteiger partial charge on any atom is 0.267 e. The number of rotatable bonds is 5. The predicted octanol–water partition coefficient (Wildman–Crippen LogP) is 4.52. The highest BCUT2D eigenvalue weighted by molar-refractivity contribution is 7.11. The maximum atomic E-state index is 12.3. The number of aromatic amines is 1. The van der Waals surface area contributed by atoms with Crippen LogP contribution >= 0.6 is 22.9 Å². The Kier molecular flexibility index (Phi) is 4.77. The number of carbonyl (C=O) groups is 1. The van der Waals surface area contributed by atoms with Gasteiger partial charge in [-0.05, 0) is 50.3 Å². The first-order valence-electron chi connectivity index (χ1n) is 8.73. The highest BCUT2D eigenvalue weighted by atomic mass is 35.5. The van der Waals surface area contributed by atoms with Crippen LogP contribution in [0, 0.1) is 0 Å². The Morgan fingerprint density at radius 1 is 1.28 bits per heavy atom. The van der Waals surface area contributed by atoms with E-state index >= 15 is 0 Å². The number of nitrogens with zero attached hydrogens (tertiary/aromatic N) is 1. The number of halogens is 1. The Hall–Kier alpha value is -1.85. The van der Waals surface area contributed by atoms with E-state index in [9.17, 15) is 4.79 Å². The number of H-pyrrole nitrogens is 1. The zero-order valence-electron chi connectivity index (χ0n) is 13.9. The zero-order valence-corrected chi connectivity index (χ0v) is 15.5. The third-order valence-corrected chi connectivity index (χ3v) is 6.02. The van der Waals surface area contributed by atoms with Crippen LogP contribution in [-0.4, -0.2) is 22.4 Å². The standard InChI is InChI=1S/C19H20ClN3OS/c20-13-8-7-12-10-16(22-15(12)11-13)19(24)21-9-3-6-18-23-14-4-1-2-5-17(14)25-18/h7-8,10-11,22H,1-6,9H2,(H,21,24). The Labute approximate surface area is 155 Å². The molecule has 3 aromatic rings. The van der Waals surface area contributed by atoms with E-state index in [0.717, 1.165) is 30.2 Å². The maximum absolute atomic E-state index is 12.3. The van der Waals surface area contributed by atoms with Gasteiger partial charge in [-0.2, -0.15) is 0 Å². The second-order valence-corrected chi connectivity index (χ2v) is 8.06. The van der Waals surface area contributed by atoms with Crippen molar-refractivity contribution in [3.05, 3.63) is 50.6 Å². The number of hydrogen-bond donors (Lipinski definition) is 2. The van der Waals surface area contributed by atoms with Crippen LogP contribution in [0.15, 0.2) is 24.3 Å². The van der Waals surface area contributed by atoms with Gasteiger partial charge in [0.15, 0.2) is 0 Å². The molecule has 0 unspecified atom stereocenters. The van der Waals surface area contributed by atoms with Crippen LogP contribution in [-0.2, 0) is 19.3 Å². The smallest absolute Gasteiger partial charge is 0.267 e. The molecule has 25 heavy (non-hydrogen) atoms. The van der Waals surface area contributed by atoms with Gasteiger partial charge in [0, 0.05) is 33.8 Å². The van der Waals surface area contributed by atoms with Crippen molar-refractivity contribution < 1.29 is 4.79 Å². The minimum Gasteiger partial charge on any atom is -0.351 e. The van der Waals surface area contributed by atoms with Crippen molar-refractivity contribution in [3.63, 3.8) is 0 Å². The third-order valence-electron chi connectivity index (χ3n) is 4.57. The lowest BCUT2D eigenvalue weighted by Gasteiger charge is -2.06. The Balaban J connectivity index is 1.30. The monoisotopic (exact) mass is 373 g/mol. The average Bonchev–Trinajstić information content (AvgIpc) is 3.21. The van der Waals surface area contributed by atoms with Gasteiger partial charge in [0.1, 0.15) is 5.69 Å². The number of fused-ring (bicyclic) bond motifs is 2. The van der Waals surface area contributed by atoms with Crippen molar-refractivity contribution >= 4 is 39.7 Å². The van der Waals surface area contributed by atoms with E-state index in [0.29, 0.717) is 17.3 Å². The van der Waals surface area contributed by atoms with E-state index in [1.54, 1.807) is 0 Å². The molecule has 4 nitrogen and oxygen atoms in total. The van der Waals surface area contributed by atoms with E-state index in [1.807, 2.05) is 35.6 Å². The van der Waals surface area contributed by atoms with Crippen LogP contribution in [0.25, 0.3) is 10.9 Å². The van der Waals surface area contributed by atoms with Gasteiger partial charge in [0.2, 0.25) is 0 Å². The van der Waals surface area contributed by atoms with Crippen molar-refractivity contribution in [1.82, 2.24) is 15.3 Å². The number of aryl methyl sites for hydroxylation is 3. The summed E-state index contributed by atoms with van der Waals surface area (Å²) in [5.41, 5.74) is 2.76. The van der Waals surface area contributed by atoms with Gasteiger partial charge in [-0.1, -0.05) is 17.7 Å². The van der Waals surface area contributed by atoms with Gasteiger partial charge in [0.05, 0.1) is 10.7 Å². The van der Waals surface area contributed by atoms with Gasteiger partial charge in [-0.3, -0.25) is 4.79 Å². The highest BCUT2D eigenvalue weighted by Gasteiger charge is 2.15. The molecule has 1 amide bonds. The van der Waals surface area contributed by atoms with Crippen molar-refractivity contribution in [2.75, 3.05) is 6.54 Å². The normalized spacial score (nSPS) is 13.8. The Bertz CT molecular complexity index is 891. The first-order chi connectivity index (χ1) is 12.2. The molecule has 0 atom stereocenters. The van der Waals surface area contributed by atoms with Gasteiger partial charge in [-0.25, -0.2) is 4.98 Å². The predicted molar refractivity (Wildman–Crippen MR) is 103 cm³/mol. The Morgan fingerprint density at radius 3 is 3.04 bits per heavy atom. The molecule has 2 aromatic heterocycles. The molecule has 2 N–H and O–H groups in total. The summed E-state index contributed by atoms with van der Waals surface area (Å²) in [6.07, 6.45) is 6.72. The lowest BCUT2D eigenvalue weighted by Crippen LogP contribution is -2.25. The number of thiazole rings is 1. The molecule has 0 spiro atoms. The number of carbonyl (C=O) groups excluding carboxylic acids is 1. The number of hydrogen-bond acceptors (Lipinski definition) is 3. The van der Waals surface area contributed by atoms with E-state index in [4.69, 9.17) is 16.6 Å². The fourth-order valence-electron chi connectivity index (χ4n) is 3.27. The van der Waals surface area contributed by atoms with Gasteiger partial charge >= 0.3 is 0 Å². The van der Waals surface area contributed by atoms with Crippen LogP contribution in [0.2, 0.25) is 5.02 Å². The molecule has 4 rings (SSSR count). The molecule has 0 saturated carbocycles. The molecule has 1 aliphatic carbocycles. The Morgan fingerprint density at radius 2 is 2.16 bits per heavy atom. The molecule has 2 heterocycles. The second-order valence-electron chi connectivity index (χ2n) is 6.46. The molecular formula is C19H20ClN3OS. The molecule has 130 valence electrons. The van der Waals surface area contributed by atoms with Crippen LogP contribution in [0.4, 0.5) is 0 Å². The minimum atomic E-state index is -0.0780. The third kappa shape index (κ3) is 3.72. The first kappa shape index (κ1) is 16.6. The van der Waals surface area contributed by atoms with Crippen molar-refractivity contribution in [1.29, 1.82) is 0 Å². The molecule has 0 saturated heterocycles.